The molecule has 1 aliphatic carbocycles. The Hall–Kier alpha value is -0.880. The lowest BCUT2D eigenvalue weighted by Gasteiger charge is -2.48. The van der Waals surface area contributed by atoms with Gasteiger partial charge in [-0.1, -0.05) is 19.3 Å². The SMILES string of the molecule is NC(N)C(C(=O)NC1CNCCC1N1CCN(C2CCOC2)CC1)C1NCC(F)CCC12CCCCC2. The first-order valence-corrected chi connectivity index (χ1v) is 14.9. The third-order valence-corrected chi connectivity index (χ3v) is 10.1. The molecule has 1 amide bonds. The summed E-state index contributed by atoms with van der Waals surface area (Å²) in [5, 5.41) is 10.3. The number of carbonyl (C=O) groups is 1. The van der Waals surface area contributed by atoms with Crippen molar-refractivity contribution in [1.82, 2.24) is 25.8 Å². The van der Waals surface area contributed by atoms with Gasteiger partial charge in [0.05, 0.1) is 24.7 Å². The van der Waals surface area contributed by atoms with E-state index >= 15 is 0 Å². The molecule has 4 saturated heterocycles. The van der Waals surface area contributed by atoms with Crippen LogP contribution in [-0.2, 0) is 9.53 Å². The van der Waals surface area contributed by atoms with Crippen LogP contribution in [0, 0.1) is 11.3 Å². The Bertz CT molecular complexity index is 738. The number of rotatable bonds is 6. The quantitative estimate of drug-likeness (QED) is 0.312. The Morgan fingerprint density at radius 2 is 1.76 bits per heavy atom. The molecule has 5 rings (SSSR count). The number of halogens is 1. The first kappa shape index (κ1) is 27.7. The van der Waals surface area contributed by atoms with Gasteiger partial charge >= 0.3 is 0 Å². The highest BCUT2D eigenvalue weighted by Gasteiger charge is 2.49. The minimum Gasteiger partial charge on any atom is -0.380 e. The average Bonchev–Trinajstić information content (AvgIpc) is 3.41. The summed E-state index contributed by atoms with van der Waals surface area (Å²) in [4.78, 5) is 19.1. The lowest BCUT2D eigenvalue weighted by Crippen LogP contribution is -2.67. The molecule has 6 unspecified atom stereocenters. The van der Waals surface area contributed by atoms with Gasteiger partial charge in [0.15, 0.2) is 0 Å². The second-order valence-corrected chi connectivity index (χ2v) is 12.3. The van der Waals surface area contributed by atoms with E-state index in [0.717, 1.165) is 97.4 Å². The van der Waals surface area contributed by atoms with E-state index in [1.54, 1.807) is 0 Å². The van der Waals surface area contributed by atoms with Crippen molar-refractivity contribution in [2.24, 2.45) is 22.8 Å². The van der Waals surface area contributed by atoms with E-state index in [1.807, 2.05) is 0 Å². The molecule has 37 heavy (non-hydrogen) atoms. The van der Waals surface area contributed by atoms with Gasteiger partial charge in [0.1, 0.15) is 6.17 Å². The standard InChI is InChI=1S/C27H50FN7O2/c28-19-4-9-27(7-2-1-3-8-27)24(32-16-19)23(25(29)30)26(36)33-21-17-31-10-5-22(21)35-13-11-34(12-14-35)20-6-15-37-18-20/h19-25,31-32H,1-18,29-30H2,(H,33,36). The summed E-state index contributed by atoms with van der Waals surface area (Å²) in [6, 6.07) is 0.662. The largest absolute Gasteiger partial charge is 0.380 e. The number of hydrogen-bond donors (Lipinski definition) is 5. The summed E-state index contributed by atoms with van der Waals surface area (Å²) in [7, 11) is 0. The fourth-order valence-electron chi connectivity index (χ4n) is 8.00. The minimum absolute atomic E-state index is 0.00544. The third kappa shape index (κ3) is 6.31. The van der Waals surface area contributed by atoms with Crippen molar-refractivity contribution >= 4 is 5.91 Å². The van der Waals surface area contributed by atoms with E-state index in [0.29, 0.717) is 18.5 Å². The maximum atomic E-state index is 14.5. The summed E-state index contributed by atoms with van der Waals surface area (Å²) in [5.74, 6) is -0.652. The van der Waals surface area contributed by atoms with Gasteiger partial charge in [-0.15, -0.1) is 0 Å². The van der Waals surface area contributed by atoms with E-state index in [2.05, 4.69) is 25.8 Å². The molecular weight excluding hydrogens is 473 g/mol. The molecule has 6 atom stereocenters. The van der Waals surface area contributed by atoms with Crippen LogP contribution in [0.5, 0.6) is 0 Å². The predicted molar refractivity (Wildman–Crippen MR) is 143 cm³/mol. The maximum Gasteiger partial charge on any atom is 0.227 e. The van der Waals surface area contributed by atoms with Crippen molar-refractivity contribution in [3.05, 3.63) is 0 Å². The number of carbonyl (C=O) groups excluding carboxylic acids is 1. The fraction of sp³-hybridized carbons (Fsp3) is 0.963. The summed E-state index contributed by atoms with van der Waals surface area (Å²) < 4.78 is 20.1. The van der Waals surface area contributed by atoms with Crippen molar-refractivity contribution < 1.29 is 13.9 Å². The number of piperidine rings is 1. The van der Waals surface area contributed by atoms with Gasteiger partial charge in [-0.2, -0.15) is 0 Å². The predicted octanol–water partition coefficient (Wildman–Crippen LogP) is 0.140. The Morgan fingerprint density at radius 1 is 1.00 bits per heavy atom. The molecule has 10 heteroatoms. The fourth-order valence-corrected chi connectivity index (χ4v) is 8.00. The number of ether oxygens (including phenoxy) is 1. The van der Waals surface area contributed by atoms with Crippen LogP contribution in [0.25, 0.3) is 0 Å². The van der Waals surface area contributed by atoms with E-state index in [4.69, 9.17) is 16.2 Å². The van der Waals surface area contributed by atoms with Crippen LogP contribution in [0.4, 0.5) is 4.39 Å². The van der Waals surface area contributed by atoms with Crippen molar-refractivity contribution in [1.29, 1.82) is 0 Å². The van der Waals surface area contributed by atoms with Gasteiger partial charge in [-0.05, 0) is 50.5 Å². The van der Waals surface area contributed by atoms with Gasteiger partial charge in [0.2, 0.25) is 5.91 Å². The minimum atomic E-state index is -0.886. The first-order chi connectivity index (χ1) is 18.0. The van der Waals surface area contributed by atoms with E-state index in [1.165, 1.54) is 6.42 Å². The molecule has 0 aromatic carbocycles. The number of alkyl halides is 1. The summed E-state index contributed by atoms with van der Waals surface area (Å²) >= 11 is 0. The van der Waals surface area contributed by atoms with E-state index in [-0.39, 0.29) is 30.0 Å². The molecule has 1 spiro atoms. The Balaban J connectivity index is 1.26. The van der Waals surface area contributed by atoms with Crippen LogP contribution in [0.15, 0.2) is 0 Å². The smallest absolute Gasteiger partial charge is 0.227 e. The zero-order valence-electron chi connectivity index (χ0n) is 22.5. The number of hydrogen-bond acceptors (Lipinski definition) is 8. The van der Waals surface area contributed by atoms with Crippen LogP contribution in [0.2, 0.25) is 0 Å². The normalized spacial score (nSPS) is 36.9. The van der Waals surface area contributed by atoms with Gasteiger partial charge in [-0.3, -0.25) is 14.6 Å². The second kappa shape index (κ2) is 12.5. The molecule has 7 N–H and O–H groups in total. The molecule has 212 valence electrons. The van der Waals surface area contributed by atoms with Crippen LogP contribution in [0.1, 0.15) is 57.8 Å². The summed E-state index contributed by atoms with van der Waals surface area (Å²) in [6.07, 6.45) is 7.28. The average molecular weight is 524 g/mol. The van der Waals surface area contributed by atoms with Gasteiger partial charge in [0, 0.05) is 64.0 Å². The summed E-state index contributed by atoms with van der Waals surface area (Å²) in [6.45, 7) is 7.83. The van der Waals surface area contributed by atoms with Crippen LogP contribution < -0.4 is 27.4 Å². The van der Waals surface area contributed by atoms with Crippen LogP contribution in [-0.4, -0.2) is 111 Å². The van der Waals surface area contributed by atoms with Crippen molar-refractivity contribution in [2.45, 2.75) is 94.3 Å². The lowest BCUT2D eigenvalue weighted by atomic mass is 9.63. The van der Waals surface area contributed by atoms with Crippen molar-refractivity contribution in [3.8, 4) is 0 Å². The lowest BCUT2D eigenvalue weighted by molar-refractivity contribution is -0.130. The Kier molecular flexibility index (Phi) is 9.37. The zero-order chi connectivity index (χ0) is 25.8. The molecule has 5 aliphatic rings. The number of nitrogens with zero attached hydrogens (tertiary/aromatic N) is 2. The highest BCUT2D eigenvalue weighted by atomic mass is 19.1. The highest BCUT2D eigenvalue weighted by Crippen LogP contribution is 2.47. The number of nitrogens with two attached hydrogens (primary N) is 2. The zero-order valence-corrected chi connectivity index (χ0v) is 22.5. The molecule has 0 aromatic heterocycles. The number of piperazine rings is 1. The van der Waals surface area contributed by atoms with Gasteiger partial charge in [-0.25, -0.2) is 4.39 Å². The molecule has 0 radical (unpaired) electrons. The molecule has 9 nitrogen and oxygen atoms in total. The Morgan fingerprint density at radius 3 is 2.46 bits per heavy atom. The monoisotopic (exact) mass is 523 g/mol. The van der Waals surface area contributed by atoms with Crippen molar-refractivity contribution in [2.75, 3.05) is 59.0 Å². The van der Waals surface area contributed by atoms with Gasteiger partial charge < -0.3 is 32.2 Å². The molecule has 1 saturated carbocycles. The number of amides is 1. The molecule has 4 heterocycles. The van der Waals surface area contributed by atoms with Crippen LogP contribution >= 0.6 is 0 Å². The highest BCUT2D eigenvalue weighted by molar-refractivity contribution is 5.80. The Labute approximate surface area is 221 Å². The molecule has 0 bridgehead atoms. The van der Waals surface area contributed by atoms with E-state index < -0.39 is 18.3 Å². The van der Waals surface area contributed by atoms with E-state index in [9.17, 15) is 9.18 Å². The first-order valence-electron chi connectivity index (χ1n) is 14.9. The third-order valence-electron chi connectivity index (χ3n) is 10.1. The second-order valence-electron chi connectivity index (χ2n) is 12.3. The summed E-state index contributed by atoms with van der Waals surface area (Å²) in [5.41, 5.74) is 12.6. The molecule has 5 fully saturated rings. The topological polar surface area (TPSA) is 121 Å². The molecule has 0 aromatic rings. The maximum absolute atomic E-state index is 14.5. The molecule has 4 aliphatic heterocycles. The van der Waals surface area contributed by atoms with Crippen LogP contribution in [0.3, 0.4) is 0 Å². The molecular formula is C27H50FN7O2. The number of nitrogens with one attached hydrogen (secondary N) is 3. The van der Waals surface area contributed by atoms with Crippen molar-refractivity contribution in [3.63, 3.8) is 0 Å². The van der Waals surface area contributed by atoms with Gasteiger partial charge in [0.25, 0.3) is 0 Å².